The number of nitrogens with zero attached hydrogens (tertiary/aromatic N) is 1. The highest BCUT2D eigenvalue weighted by Crippen LogP contribution is 2.30. The Kier molecular flexibility index (Phi) is 4.87. The van der Waals surface area contributed by atoms with Gasteiger partial charge in [-0.3, -0.25) is 0 Å². The molecule has 1 aromatic rings. The lowest BCUT2D eigenvalue weighted by molar-refractivity contribution is 0.131. The van der Waals surface area contributed by atoms with Crippen molar-refractivity contribution in [2.24, 2.45) is 10.7 Å². The fourth-order valence-electron chi connectivity index (χ4n) is 3.25. The van der Waals surface area contributed by atoms with Crippen LogP contribution in [-0.4, -0.2) is 32.3 Å². The SMILES string of the molecule is NCC[C@H](N=C1NS(=O)(=O)C2CCCCC2O1)c1ccccc1. The zero-order valence-corrected chi connectivity index (χ0v) is 13.8. The highest BCUT2D eigenvalue weighted by atomic mass is 32.2. The minimum atomic E-state index is -3.41. The lowest BCUT2D eigenvalue weighted by atomic mass is 9.97. The van der Waals surface area contributed by atoms with E-state index in [1.807, 2.05) is 30.3 Å². The lowest BCUT2D eigenvalue weighted by Crippen LogP contribution is -2.54. The highest BCUT2D eigenvalue weighted by Gasteiger charge is 2.42. The number of benzene rings is 1. The summed E-state index contributed by atoms with van der Waals surface area (Å²) in [6.45, 7) is 0.467. The van der Waals surface area contributed by atoms with Crippen molar-refractivity contribution in [1.29, 1.82) is 0 Å². The third kappa shape index (κ3) is 3.67. The summed E-state index contributed by atoms with van der Waals surface area (Å²) in [5, 5.41) is -0.458. The Morgan fingerprint density at radius 2 is 2.00 bits per heavy atom. The van der Waals surface area contributed by atoms with E-state index in [9.17, 15) is 8.42 Å². The molecule has 2 unspecified atom stereocenters. The minimum Gasteiger partial charge on any atom is -0.460 e. The molecule has 3 atom stereocenters. The Balaban J connectivity index is 1.85. The second-order valence-corrected chi connectivity index (χ2v) is 7.96. The summed E-state index contributed by atoms with van der Waals surface area (Å²) in [7, 11) is -3.41. The Bertz CT molecular complexity index is 660. The number of aliphatic imine (C=N–C) groups is 1. The van der Waals surface area contributed by atoms with Crippen LogP contribution in [0.1, 0.15) is 43.7 Å². The molecule has 2 fully saturated rings. The number of hydrogen-bond acceptors (Lipinski definition) is 5. The average Bonchev–Trinajstić information content (AvgIpc) is 2.55. The van der Waals surface area contributed by atoms with Gasteiger partial charge in [0.1, 0.15) is 11.4 Å². The first-order valence-corrected chi connectivity index (χ1v) is 9.66. The van der Waals surface area contributed by atoms with Gasteiger partial charge in [-0.2, -0.15) is 0 Å². The lowest BCUT2D eigenvalue weighted by Gasteiger charge is -2.36. The Labute approximate surface area is 137 Å². The quantitative estimate of drug-likeness (QED) is 0.874. The van der Waals surface area contributed by atoms with Crippen LogP contribution in [-0.2, 0) is 14.8 Å². The van der Waals surface area contributed by atoms with Crippen molar-refractivity contribution in [3.8, 4) is 0 Å². The van der Waals surface area contributed by atoms with Gasteiger partial charge in [0.25, 0.3) is 6.02 Å². The van der Waals surface area contributed by atoms with Gasteiger partial charge >= 0.3 is 0 Å². The molecule has 1 saturated carbocycles. The maximum atomic E-state index is 12.4. The number of rotatable bonds is 4. The molecule has 6 nitrogen and oxygen atoms in total. The molecular formula is C16H23N3O3S. The Morgan fingerprint density at radius 1 is 1.26 bits per heavy atom. The van der Waals surface area contributed by atoms with Crippen molar-refractivity contribution in [3.63, 3.8) is 0 Å². The molecule has 0 spiro atoms. The molecule has 0 bridgehead atoms. The molecular weight excluding hydrogens is 314 g/mol. The van der Waals surface area contributed by atoms with E-state index in [0.717, 1.165) is 24.8 Å². The maximum Gasteiger partial charge on any atom is 0.299 e. The summed E-state index contributed by atoms with van der Waals surface area (Å²) < 4.78 is 33.2. The molecule has 3 rings (SSSR count). The summed E-state index contributed by atoms with van der Waals surface area (Å²) in [5.41, 5.74) is 6.68. The van der Waals surface area contributed by atoms with Gasteiger partial charge in [0.2, 0.25) is 10.0 Å². The summed E-state index contributed by atoms with van der Waals surface area (Å²) in [6, 6.07) is 9.62. The van der Waals surface area contributed by atoms with Crippen molar-refractivity contribution in [3.05, 3.63) is 35.9 Å². The molecule has 1 heterocycles. The summed E-state index contributed by atoms with van der Waals surface area (Å²) in [5.74, 6) is 0. The van der Waals surface area contributed by atoms with Gasteiger partial charge < -0.3 is 10.5 Å². The molecule has 7 heteroatoms. The van der Waals surface area contributed by atoms with Gasteiger partial charge in [0, 0.05) is 0 Å². The monoisotopic (exact) mass is 337 g/mol. The third-order valence-corrected chi connectivity index (χ3v) is 6.23. The predicted octanol–water partition coefficient (Wildman–Crippen LogP) is 1.69. The van der Waals surface area contributed by atoms with Crippen LogP contribution in [0.4, 0.5) is 0 Å². The van der Waals surface area contributed by atoms with Gasteiger partial charge in [-0.1, -0.05) is 36.8 Å². The van der Waals surface area contributed by atoms with Crippen molar-refractivity contribution < 1.29 is 13.2 Å². The van der Waals surface area contributed by atoms with Crippen LogP contribution in [0.15, 0.2) is 35.3 Å². The topological polar surface area (TPSA) is 93.8 Å². The smallest absolute Gasteiger partial charge is 0.299 e. The molecule has 0 aromatic heterocycles. The number of fused-ring (bicyclic) bond motifs is 1. The van der Waals surface area contributed by atoms with Gasteiger partial charge in [-0.15, -0.1) is 0 Å². The van der Waals surface area contributed by atoms with E-state index in [1.165, 1.54) is 0 Å². The molecule has 2 aliphatic rings. The van der Waals surface area contributed by atoms with E-state index < -0.39 is 15.3 Å². The van der Waals surface area contributed by atoms with Crippen LogP contribution >= 0.6 is 0 Å². The molecule has 0 radical (unpaired) electrons. The number of ether oxygens (including phenoxy) is 1. The first-order valence-electron chi connectivity index (χ1n) is 8.11. The van der Waals surface area contributed by atoms with Crippen molar-refractivity contribution in [2.75, 3.05) is 6.54 Å². The minimum absolute atomic E-state index is 0.107. The van der Waals surface area contributed by atoms with E-state index in [2.05, 4.69) is 9.71 Å². The van der Waals surface area contributed by atoms with Crippen LogP contribution in [0.5, 0.6) is 0 Å². The average molecular weight is 337 g/mol. The Hall–Kier alpha value is -1.60. The normalized spacial score (nSPS) is 29.2. The van der Waals surface area contributed by atoms with Gasteiger partial charge in [0.05, 0.1) is 6.04 Å². The summed E-state index contributed by atoms with van der Waals surface area (Å²) >= 11 is 0. The second-order valence-electron chi connectivity index (χ2n) is 6.06. The van der Waals surface area contributed by atoms with Crippen LogP contribution in [0.3, 0.4) is 0 Å². The highest BCUT2D eigenvalue weighted by molar-refractivity contribution is 7.90. The first kappa shape index (κ1) is 16.3. The van der Waals surface area contributed by atoms with Crippen LogP contribution < -0.4 is 10.5 Å². The predicted molar refractivity (Wildman–Crippen MR) is 89.5 cm³/mol. The van der Waals surface area contributed by atoms with E-state index in [1.54, 1.807) is 0 Å². The van der Waals surface area contributed by atoms with Crippen molar-refractivity contribution in [1.82, 2.24) is 4.72 Å². The summed E-state index contributed by atoms with van der Waals surface area (Å²) in [6.07, 6.45) is 3.68. The zero-order chi connectivity index (χ0) is 16.3. The number of nitrogens with one attached hydrogen (secondary N) is 1. The molecule has 3 N–H and O–H groups in total. The standard InChI is InChI=1S/C16H23N3O3S/c17-11-10-13(12-6-2-1-3-7-12)18-16-19-23(20,21)15-9-5-4-8-14(15)22-16/h1-3,6-7,13-15H,4-5,8-11,17H2,(H,18,19)/t13-,14?,15?/m0/s1. The number of nitrogens with two attached hydrogens (primary N) is 1. The third-order valence-electron chi connectivity index (χ3n) is 4.43. The molecule has 23 heavy (non-hydrogen) atoms. The number of amidine groups is 1. The zero-order valence-electron chi connectivity index (χ0n) is 13.0. The van der Waals surface area contributed by atoms with Crippen LogP contribution in [0.2, 0.25) is 0 Å². The fraction of sp³-hybridized carbons (Fsp3) is 0.562. The Morgan fingerprint density at radius 3 is 2.74 bits per heavy atom. The molecule has 1 aromatic carbocycles. The van der Waals surface area contributed by atoms with Crippen molar-refractivity contribution >= 4 is 16.0 Å². The van der Waals surface area contributed by atoms with Gasteiger partial charge in [0.15, 0.2) is 0 Å². The molecule has 126 valence electrons. The van der Waals surface area contributed by atoms with Gasteiger partial charge in [-0.25, -0.2) is 18.1 Å². The van der Waals surface area contributed by atoms with Crippen LogP contribution in [0.25, 0.3) is 0 Å². The largest absolute Gasteiger partial charge is 0.460 e. The molecule has 1 aliphatic carbocycles. The summed E-state index contributed by atoms with van der Waals surface area (Å²) in [4.78, 5) is 4.51. The van der Waals surface area contributed by atoms with Crippen molar-refractivity contribution in [2.45, 2.75) is 49.5 Å². The second kappa shape index (κ2) is 6.88. The maximum absolute atomic E-state index is 12.4. The van der Waals surface area contributed by atoms with E-state index in [0.29, 0.717) is 19.4 Å². The first-order chi connectivity index (χ1) is 11.1. The van der Waals surface area contributed by atoms with E-state index in [-0.39, 0.29) is 18.2 Å². The number of hydrogen-bond donors (Lipinski definition) is 2. The molecule has 0 amide bonds. The van der Waals surface area contributed by atoms with E-state index in [4.69, 9.17) is 10.5 Å². The fourth-order valence-corrected chi connectivity index (χ4v) is 4.82. The van der Waals surface area contributed by atoms with E-state index >= 15 is 0 Å². The van der Waals surface area contributed by atoms with Crippen LogP contribution in [0, 0.1) is 0 Å². The number of sulfonamides is 1. The molecule has 1 aliphatic heterocycles. The van der Waals surface area contributed by atoms with Gasteiger partial charge in [-0.05, 0) is 37.8 Å². The molecule has 1 saturated heterocycles.